The van der Waals surface area contributed by atoms with Crippen LogP contribution in [-0.4, -0.2) is 41.8 Å². The smallest absolute Gasteiger partial charge is 0.392 e. The minimum atomic E-state index is -4.62. The quantitative estimate of drug-likeness (QED) is 0.288. The molecule has 3 aromatic rings. The molecule has 0 saturated heterocycles. The Bertz CT molecular complexity index is 1440. The Hall–Kier alpha value is -4.47. The second-order valence-corrected chi connectivity index (χ2v) is 10.2. The lowest BCUT2D eigenvalue weighted by Gasteiger charge is -2.26. The zero-order valence-electron chi connectivity index (χ0n) is 23.4. The van der Waals surface area contributed by atoms with Gasteiger partial charge in [0, 0.05) is 24.9 Å². The monoisotopic (exact) mass is 579 g/mol. The van der Waals surface area contributed by atoms with Gasteiger partial charge in [0.2, 0.25) is 11.8 Å². The van der Waals surface area contributed by atoms with Crippen LogP contribution in [0.15, 0.2) is 84.0 Å². The number of methoxy groups -OCH3 is 1. The molecule has 0 bridgehead atoms. The first-order chi connectivity index (χ1) is 20.0. The lowest BCUT2D eigenvalue weighted by molar-refractivity contribution is -0.178. The summed E-state index contributed by atoms with van der Waals surface area (Å²) in [6.45, 7) is 1.14. The summed E-state index contributed by atoms with van der Waals surface area (Å²) in [5, 5.41) is 8.51. The number of halogens is 3. The van der Waals surface area contributed by atoms with E-state index in [1.807, 2.05) is 30.3 Å². The molecule has 1 N–H and O–H groups in total. The Morgan fingerprint density at radius 2 is 1.69 bits per heavy atom. The standard InChI is InChI=1S/C32H32F3N3O4/c1-21(32(33,34)35)30(31(41)36-26-10-6-7-22(19-26)13-18-29(40)42-2)25-14-11-23(12-15-25)20-38-28(39)17-16-27(37-38)24-8-4-3-5-9-24/h3-12,14-15,19,21,30H,13,16-18,20H2,1-2H3,(H,36,41). The van der Waals surface area contributed by atoms with Crippen molar-refractivity contribution in [1.29, 1.82) is 0 Å². The summed E-state index contributed by atoms with van der Waals surface area (Å²) < 4.78 is 46.3. The molecule has 0 fully saturated rings. The van der Waals surface area contributed by atoms with Crippen molar-refractivity contribution in [2.75, 3.05) is 12.4 Å². The number of benzene rings is 3. The van der Waals surface area contributed by atoms with Crippen LogP contribution in [0, 0.1) is 5.92 Å². The molecule has 0 radical (unpaired) electrons. The molecule has 7 nitrogen and oxygen atoms in total. The zero-order chi connectivity index (χ0) is 30.3. The molecule has 2 amide bonds. The molecule has 2 unspecified atom stereocenters. The number of ether oxygens (including phenoxy) is 1. The van der Waals surface area contributed by atoms with Crippen molar-refractivity contribution >= 4 is 29.2 Å². The number of carbonyl (C=O) groups excluding carboxylic acids is 3. The molecule has 220 valence electrons. The molecule has 42 heavy (non-hydrogen) atoms. The number of rotatable bonds is 10. The van der Waals surface area contributed by atoms with Crippen molar-refractivity contribution in [1.82, 2.24) is 5.01 Å². The number of hydrazone groups is 1. The number of anilines is 1. The van der Waals surface area contributed by atoms with E-state index >= 15 is 0 Å². The van der Waals surface area contributed by atoms with Crippen molar-refractivity contribution in [2.24, 2.45) is 11.0 Å². The molecular weight excluding hydrogens is 547 g/mol. The maximum Gasteiger partial charge on any atom is 0.392 e. The molecule has 10 heteroatoms. The van der Waals surface area contributed by atoms with E-state index in [2.05, 4.69) is 15.2 Å². The van der Waals surface area contributed by atoms with E-state index in [9.17, 15) is 27.6 Å². The third-order valence-electron chi connectivity index (χ3n) is 7.22. The predicted molar refractivity (Wildman–Crippen MR) is 153 cm³/mol. The second-order valence-electron chi connectivity index (χ2n) is 10.2. The number of amides is 2. The Morgan fingerprint density at radius 1 is 0.976 bits per heavy atom. The minimum absolute atomic E-state index is 0.135. The summed E-state index contributed by atoms with van der Waals surface area (Å²) in [5.74, 6) is -4.82. The Kier molecular flexibility index (Phi) is 9.77. The number of esters is 1. The molecule has 3 aromatic carbocycles. The lowest BCUT2D eigenvalue weighted by Crippen LogP contribution is -2.34. The maximum absolute atomic E-state index is 13.9. The van der Waals surface area contributed by atoms with Crippen LogP contribution in [-0.2, 0) is 32.1 Å². The van der Waals surface area contributed by atoms with E-state index in [1.54, 1.807) is 36.4 Å². The van der Waals surface area contributed by atoms with Crippen molar-refractivity contribution < 1.29 is 32.3 Å². The van der Waals surface area contributed by atoms with Gasteiger partial charge in [0.15, 0.2) is 0 Å². The van der Waals surface area contributed by atoms with E-state index in [0.29, 0.717) is 30.5 Å². The fraction of sp³-hybridized carbons (Fsp3) is 0.312. The number of hydrogen-bond donors (Lipinski definition) is 1. The molecular formula is C32H32F3N3O4. The summed E-state index contributed by atoms with van der Waals surface area (Å²) >= 11 is 0. The molecule has 4 rings (SSSR count). The van der Waals surface area contributed by atoms with Crippen molar-refractivity contribution in [3.63, 3.8) is 0 Å². The van der Waals surface area contributed by atoms with Gasteiger partial charge in [-0.05, 0) is 40.8 Å². The van der Waals surface area contributed by atoms with Crippen molar-refractivity contribution in [3.05, 3.63) is 101 Å². The lowest BCUT2D eigenvalue weighted by atomic mass is 9.85. The van der Waals surface area contributed by atoms with Gasteiger partial charge in [-0.15, -0.1) is 0 Å². The number of aryl methyl sites for hydroxylation is 1. The molecule has 0 aromatic heterocycles. The van der Waals surface area contributed by atoms with E-state index < -0.39 is 23.9 Å². The average Bonchev–Trinajstić information content (AvgIpc) is 2.98. The van der Waals surface area contributed by atoms with Gasteiger partial charge in [0.25, 0.3) is 0 Å². The summed E-state index contributed by atoms with van der Waals surface area (Å²) in [6.07, 6.45) is -3.29. The molecule has 1 aliphatic rings. The SMILES string of the molecule is COC(=O)CCc1cccc(NC(=O)C(c2ccc(CN3N=C(c4ccccc4)CCC3=O)cc2)C(C)C(F)(F)F)c1. The average molecular weight is 580 g/mol. The highest BCUT2D eigenvalue weighted by Crippen LogP contribution is 2.38. The van der Waals surface area contributed by atoms with Crippen LogP contribution in [0.3, 0.4) is 0 Å². The fourth-order valence-electron chi connectivity index (χ4n) is 4.79. The number of hydrogen-bond acceptors (Lipinski definition) is 5. The van der Waals surface area contributed by atoms with Crippen LogP contribution in [0.1, 0.15) is 54.4 Å². The van der Waals surface area contributed by atoms with Gasteiger partial charge in [-0.1, -0.05) is 73.7 Å². The second kappa shape index (κ2) is 13.5. The van der Waals surface area contributed by atoms with Gasteiger partial charge in [-0.3, -0.25) is 14.4 Å². The molecule has 0 aliphatic carbocycles. The predicted octanol–water partition coefficient (Wildman–Crippen LogP) is 6.24. The maximum atomic E-state index is 13.9. The third-order valence-corrected chi connectivity index (χ3v) is 7.22. The van der Waals surface area contributed by atoms with Crippen molar-refractivity contribution in [2.45, 2.75) is 51.2 Å². The van der Waals surface area contributed by atoms with Crippen LogP contribution < -0.4 is 5.32 Å². The van der Waals surface area contributed by atoms with Gasteiger partial charge < -0.3 is 10.1 Å². The topological polar surface area (TPSA) is 88.1 Å². The molecule has 1 heterocycles. The Labute approximate surface area is 242 Å². The van der Waals surface area contributed by atoms with Gasteiger partial charge in [0.1, 0.15) is 0 Å². The van der Waals surface area contributed by atoms with Crippen molar-refractivity contribution in [3.8, 4) is 0 Å². The highest BCUT2D eigenvalue weighted by molar-refractivity contribution is 6.04. The van der Waals surface area contributed by atoms with Gasteiger partial charge in [-0.2, -0.15) is 18.3 Å². The van der Waals surface area contributed by atoms with E-state index in [0.717, 1.165) is 23.8 Å². The first kappa shape index (κ1) is 30.5. The van der Waals surface area contributed by atoms with E-state index in [-0.39, 0.29) is 30.4 Å². The van der Waals surface area contributed by atoms with Gasteiger partial charge in [0.05, 0.1) is 31.2 Å². The van der Waals surface area contributed by atoms with Gasteiger partial charge in [-0.25, -0.2) is 5.01 Å². The van der Waals surface area contributed by atoms with E-state index in [4.69, 9.17) is 0 Å². The summed E-state index contributed by atoms with van der Waals surface area (Å²) in [5.41, 5.74) is 3.64. The van der Waals surface area contributed by atoms with Crippen LogP contribution in [0.25, 0.3) is 0 Å². The number of carbonyl (C=O) groups is 3. The fourth-order valence-corrected chi connectivity index (χ4v) is 4.79. The summed E-state index contributed by atoms with van der Waals surface area (Å²) in [7, 11) is 1.29. The highest BCUT2D eigenvalue weighted by atomic mass is 19.4. The van der Waals surface area contributed by atoms with Crippen LogP contribution in [0.2, 0.25) is 0 Å². The first-order valence-electron chi connectivity index (χ1n) is 13.6. The molecule has 0 spiro atoms. The van der Waals surface area contributed by atoms with Crippen LogP contribution in [0.5, 0.6) is 0 Å². The third kappa shape index (κ3) is 7.84. The normalized spacial score (nSPS) is 15.0. The van der Waals surface area contributed by atoms with Crippen LogP contribution >= 0.6 is 0 Å². The molecule has 1 aliphatic heterocycles. The molecule has 2 atom stereocenters. The molecule has 0 saturated carbocycles. The van der Waals surface area contributed by atoms with Crippen LogP contribution in [0.4, 0.5) is 18.9 Å². The zero-order valence-corrected chi connectivity index (χ0v) is 23.4. The summed E-state index contributed by atoms with van der Waals surface area (Å²) in [4.78, 5) is 37.3. The highest BCUT2D eigenvalue weighted by Gasteiger charge is 2.45. The van der Waals surface area contributed by atoms with Gasteiger partial charge >= 0.3 is 12.1 Å². The Morgan fingerprint density at radius 3 is 2.36 bits per heavy atom. The largest absolute Gasteiger partial charge is 0.469 e. The minimum Gasteiger partial charge on any atom is -0.469 e. The van der Waals surface area contributed by atoms with E-state index in [1.165, 1.54) is 24.3 Å². The summed E-state index contributed by atoms with van der Waals surface area (Å²) in [6, 6.07) is 22.4. The number of nitrogens with one attached hydrogen (secondary N) is 1. The number of alkyl halides is 3. The number of nitrogens with zero attached hydrogens (tertiary/aromatic N) is 2. The Balaban J connectivity index is 1.52. The first-order valence-corrected chi connectivity index (χ1v) is 13.6.